The van der Waals surface area contributed by atoms with Crippen LogP contribution in [0.1, 0.15) is 54.6 Å². The van der Waals surface area contributed by atoms with Crippen LogP contribution in [0.3, 0.4) is 0 Å². The minimum Gasteiger partial charge on any atom is -0.496 e. The Labute approximate surface area is 230 Å². The zero-order chi connectivity index (χ0) is 26.8. The molecule has 4 fully saturated rings. The van der Waals surface area contributed by atoms with Crippen molar-refractivity contribution in [1.82, 2.24) is 9.80 Å². The first-order chi connectivity index (χ1) is 18.4. The zero-order valence-corrected chi connectivity index (χ0v) is 22.6. The number of amides is 2. The van der Waals surface area contributed by atoms with Crippen molar-refractivity contribution in [3.8, 4) is 17.1 Å². The van der Waals surface area contributed by atoms with Crippen molar-refractivity contribution >= 4 is 52.3 Å². The molecular formula is C28H28N2O6S2. The number of nitrogens with zero attached hydrogens (tertiary/aromatic N) is 2. The van der Waals surface area contributed by atoms with Gasteiger partial charge in [-0.1, -0.05) is 30.4 Å². The van der Waals surface area contributed by atoms with E-state index in [1.54, 1.807) is 19.3 Å². The molecule has 38 heavy (non-hydrogen) atoms. The number of rotatable bonds is 5. The van der Waals surface area contributed by atoms with Crippen molar-refractivity contribution in [2.45, 2.75) is 44.6 Å². The molecule has 3 heterocycles. The first-order valence-corrected chi connectivity index (χ1v) is 14.0. The molecule has 8 nitrogen and oxygen atoms in total. The fourth-order valence-electron chi connectivity index (χ4n) is 6.13. The van der Waals surface area contributed by atoms with E-state index in [-0.39, 0.29) is 24.0 Å². The highest BCUT2D eigenvalue weighted by molar-refractivity contribution is 8.26. The van der Waals surface area contributed by atoms with E-state index >= 15 is 0 Å². The third-order valence-electron chi connectivity index (χ3n) is 7.86. The van der Waals surface area contributed by atoms with Crippen molar-refractivity contribution in [2.75, 3.05) is 20.2 Å². The molecule has 0 N–H and O–H groups in total. The molecular weight excluding hydrogens is 524 g/mol. The molecule has 2 saturated carbocycles. The van der Waals surface area contributed by atoms with Crippen LogP contribution < -0.4 is 4.74 Å². The molecule has 1 aromatic carbocycles. The lowest BCUT2D eigenvalue weighted by atomic mass is 9.94. The summed E-state index contributed by atoms with van der Waals surface area (Å²) in [6, 6.07) is 9.50. The number of furan rings is 1. The molecule has 6 rings (SSSR count). The molecule has 2 aliphatic carbocycles. The Morgan fingerprint density at radius 3 is 2.58 bits per heavy atom. The molecule has 3 atom stereocenters. The topological polar surface area (TPSA) is 97.1 Å². The summed E-state index contributed by atoms with van der Waals surface area (Å²) in [5, 5.41) is 0. The molecule has 1 aromatic heterocycles. The number of carbonyl (C=O) groups excluding carboxylic acids is 4. The molecule has 2 aliphatic heterocycles. The summed E-state index contributed by atoms with van der Waals surface area (Å²) in [6.45, 7) is 1.55. The fraction of sp³-hybridized carbons (Fsp3) is 0.429. The van der Waals surface area contributed by atoms with Gasteiger partial charge in [0, 0.05) is 30.8 Å². The largest absolute Gasteiger partial charge is 0.496 e. The van der Waals surface area contributed by atoms with E-state index in [9.17, 15) is 9.59 Å². The predicted molar refractivity (Wildman–Crippen MR) is 145 cm³/mol. The first-order valence-electron chi connectivity index (χ1n) is 12.8. The number of thiocarbonyl (C=S) groups is 1. The monoisotopic (exact) mass is 552 g/mol. The molecule has 0 spiro atoms. The number of likely N-dealkylation sites (tertiary alicyclic amines) is 1. The number of methoxy groups -OCH3 is 1. The second kappa shape index (κ2) is 11.3. The van der Waals surface area contributed by atoms with Gasteiger partial charge < -0.3 is 14.1 Å². The summed E-state index contributed by atoms with van der Waals surface area (Å²) >= 11 is 6.96. The summed E-state index contributed by atoms with van der Waals surface area (Å²) in [6.07, 6.45) is 8.90. The highest BCUT2D eigenvalue weighted by Crippen LogP contribution is 2.49. The average molecular weight is 553 g/mol. The van der Waals surface area contributed by atoms with Crippen LogP contribution in [-0.2, 0) is 14.4 Å². The minimum atomic E-state index is -0.0164. The van der Waals surface area contributed by atoms with E-state index in [0.29, 0.717) is 38.0 Å². The molecule has 2 aromatic rings. The third kappa shape index (κ3) is 5.08. The molecule has 4 aliphatic rings. The maximum Gasteiger partial charge on any atom is 0.373 e. The van der Waals surface area contributed by atoms with E-state index in [0.717, 1.165) is 43.8 Å². The van der Waals surface area contributed by atoms with Crippen LogP contribution >= 0.6 is 24.0 Å². The second-order valence-electron chi connectivity index (χ2n) is 9.99. The highest BCUT2D eigenvalue weighted by atomic mass is 32.2. The first kappa shape index (κ1) is 26.4. The predicted octanol–water partition coefficient (Wildman–Crippen LogP) is 5.00. The highest BCUT2D eigenvalue weighted by Gasteiger charge is 2.48. The Morgan fingerprint density at radius 1 is 1.16 bits per heavy atom. The van der Waals surface area contributed by atoms with E-state index in [4.69, 9.17) is 31.0 Å². The molecule has 2 saturated heterocycles. The quantitative estimate of drug-likeness (QED) is 0.378. The van der Waals surface area contributed by atoms with Crippen LogP contribution in [0.4, 0.5) is 0 Å². The van der Waals surface area contributed by atoms with E-state index in [2.05, 4.69) is 0 Å². The van der Waals surface area contributed by atoms with Crippen LogP contribution in [0.15, 0.2) is 39.7 Å². The molecule has 198 valence electrons. The summed E-state index contributed by atoms with van der Waals surface area (Å²) in [5.74, 6) is 3.11. The lowest BCUT2D eigenvalue weighted by Gasteiger charge is -2.30. The normalized spacial score (nSPS) is 25.1. The lowest BCUT2D eigenvalue weighted by molar-refractivity contribution is -0.191. The summed E-state index contributed by atoms with van der Waals surface area (Å²) in [4.78, 5) is 46.9. The van der Waals surface area contributed by atoms with Gasteiger partial charge >= 0.3 is 6.15 Å². The van der Waals surface area contributed by atoms with Gasteiger partial charge in [0.1, 0.15) is 21.6 Å². The zero-order valence-electron chi connectivity index (χ0n) is 21.0. The van der Waals surface area contributed by atoms with Crippen molar-refractivity contribution < 1.29 is 28.3 Å². The maximum atomic E-state index is 13.2. The van der Waals surface area contributed by atoms with Gasteiger partial charge in [-0.15, -0.1) is 0 Å². The van der Waals surface area contributed by atoms with Gasteiger partial charge in [0.05, 0.1) is 17.6 Å². The van der Waals surface area contributed by atoms with Gasteiger partial charge in [-0.05, 0) is 74.3 Å². The fourth-order valence-corrected chi connectivity index (χ4v) is 7.48. The Bertz CT molecular complexity index is 1320. The van der Waals surface area contributed by atoms with Crippen LogP contribution in [0.5, 0.6) is 5.75 Å². The number of hydrogen-bond donors (Lipinski definition) is 0. The van der Waals surface area contributed by atoms with Crippen LogP contribution in [-0.4, -0.2) is 58.3 Å². The number of hydrogen-bond acceptors (Lipinski definition) is 8. The van der Waals surface area contributed by atoms with E-state index in [1.807, 2.05) is 34.1 Å². The Hall–Kier alpha value is -3.20. The molecule has 3 unspecified atom stereocenters. The van der Waals surface area contributed by atoms with Gasteiger partial charge in [-0.2, -0.15) is 9.59 Å². The maximum absolute atomic E-state index is 13.2. The minimum absolute atomic E-state index is 0.00144. The van der Waals surface area contributed by atoms with Crippen molar-refractivity contribution in [3.63, 3.8) is 0 Å². The summed E-state index contributed by atoms with van der Waals surface area (Å²) in [7, 11) is 1.58. The van der Waals surface area contributed by atoms with E-state index in [1.165, 1.54) is 31.0 Å². The third-order valence-corrected chi connectivity index (χ3v) is 9.19. The average Bonchev–Trinajstić information content (AvgIpc) is 3.74. The Morgan fingerprint density at radius 2 is 1.92 bits per heavy atom. The number of thioether (sulfide) groups is 1. The van der Waals surface area contributed by atoms with Crippen LogP contribution in [0.25, 0.3) is 17.4 Å². The van der Waals surface area contributed by atoms with Gasteiger partial charge in [-0.3, -0.25) is 14.5 Å². The molecule has 2 bridgehead atoms. The van der Waals surface area contributed by atoms with Crippen LogP contribution in [0.2, 0.25) is 0 Å². The van der Waals surface area contributed by atoms with Crippen molar-refractivity contribution in [1.29, 1.82) is 0 Å². The van der Waals surface area contributed by atoms with E-state index < -0.39 is 0 Å². The molecule has 0 radical (unpaired) electrons. The summed E-state index contributed by atoms with van der Waals surface area (Å²) in [5.41, 5.74) is 1.33. The number of carbonyl (C=O) groups is 2. The second-order valence-corrected chi connectivity index (χ2v) is 11.7. The number of ether oxygens (including phenoxy) is 1. The molecule has 2 amide bonds. The van der Waals surface area contributed by atoms with Gasteiger partial charge in [0.25, 0.3) is 11.8 Å². The summed E-state index contributed by atoms with van der Waals surface area (Å²) < 4.78 is 12.2. The molecule has 10 heteroatoms. The SMILES string of the molecule is COc1ccc(-c2ccc(/C=C3\SC(=S)N(C4CC5CCC4C5)C3=O)o2)cc1C(=O)N1CCCC1.O=C=O. The van der Waals surface area contributed by atoms with Gasteiger partial charge in [-0.25, -0.2) is 0 Å². The smallest absolute Gasteiger partial charge is 0.373 e. The van der Waals surface area contributed by atoms with Crippen molar-refractivity contribution in [3.05, 3.63) is 46.6 Å². The Balaban J connectivity index is 0.000000937. The number of fused-ring (bicyclic) bond motifs is 2. The van der Waals surface area contributed by atoms with Gasteiger partial charge in [0.15, 0.2) is 0 Å². The lowest BCUT2D eigenvalue weighted by Crippen LogP contribution is -2.41. The van der Waals surface area contributed by atoms with Crippen molar-refractivity contribution in [2.24, 2.45) is 11.8 Å². The van der Waals surface area contributed by atoms with Crippen LogP contribution in [0, 0.1) is 11.8 Å². The van der Waals surface area contributed by atoms with Gasteiger partial charge in [0.2, 0.25) is 0 Å². The Kier molecular flexibility index (Phi) is 7.83. The standard InChI is InChI=1S/C27H28N2O4S2.CO2/c1-32-23-8-6-18(14-20(23)25(30)28-10-2-3-11-28)22-9-7-19(33-22)15-24-26(31)29(27(34)35-24)21-13-16-4-5-17(21)12-16;2-1-3/h6-9,14-17,21H,2-5,10-13H2,1H3;/b24-15-;. The number of benzene rings is 1.